The molecule has 0 atom stereocenters. The summed E-state index contributed by atoms with van der Waals surface area (Å²) in [5.74, 6) is 1.80. The van der Waals surface area contributed by atoms with Gasteiger partial charge in [-0.05, 0) is 111 Å². The summed E-state index contributed by atoms with van der Waals surface area (Å²) in [6.07, 6.45) is 0. The second-order valence-electron chi connectivity index (χ2n) is 15.6. The molecule has 0 amide bonds. The largest absolute Gasteiger partial charge is 0.457 e. The molecule has 0 unspecified atom stereocenters. The predicted octanol–water partition coefficient (Wildman–Crippen LogP) is 14.5. The van der Waals surface area contributed by atoms with Crippen molar-refractivity contribution >= 4 is 43.7 Å². The Labute approximate surface area is 334 Å². The number of para-hydroxylation sites is 4. The molecule has 1 aliphatic heterocycles. The first-order valence-corrected chi connectivity index (χ1v) is 19.9. The maximum absolute atomic E-state index is 6.63. The first kappa shape index (κ1) is 31.6. The average molecular weight is 740 g/mol. The Morgan fingerprint density at radius 1 is 0.345 bits per heavy atom. The SMILES string of the molecule is c1ccc(-n2c3ccc(-c4ccc(-c5ccc6oc7ccccc7c6c5)cc4)cc3c3cc4c(cc32)C2(c3ccccc3Oc3ccccc32)c2ccccc2-4)cc1. The monoisotopic (exact) mass is 739 g/mol. The molecule has 270 valence electrons. The van der Waals surface area contributed by atoms with Crippen LogP contribution in [0.2, 0.25) is 0 Å². The van der Waals surface area contributed by atoms with E-state index < -0.39 is 5.41 Å². The minimum atomic E-state index is -0.536. The second kappa shape index (κ2) is 11.7. The van der Waals surface area contributed by atoms with Crippen LogP contribution in [0.3, 0.4) is 0 Å². The molecule has 0 saturated carbocycles. The third kappa shape index (κ3) is 4.22. The molecule has 58 heavy (non-hydrogen) atoms. The van der Waals surface area contributed by atoms with Gasteiger partial charge in [0.1, 0.15) is 22.7 Å². The van der Waals surface area contributed by atoms with E-state index in [1.54, 1.807) is 0 Å². The van der Waals surface area contributed by atoms with Crippen molar-refractivity contribution in [3.8, 4) is 50.6 Å². The maximum Gasteiger partial charge on any atom is 0.135 e. The second-order valence-corrected chi connectivity index (χ2v) is 15.6. The van der Waals surface area contributed by atoms with Gasteiger partial charge in [-0.15, -0.1) is 0 Å². The number of fused-ring (bicyclic) bond motifs is 15. The Morgan fingerprint density at radius 3 is 1.67 bits per heavy atom. The highest BCUT2D eigenvalue weighted by Gasteiger charge is 2.51. The fourth-order valence-electron chi connectivity index (χ4n) is 10.2. The van der Waals surface area contributed by atoms with Crippen molar-refractivity contribution < 1.29 is 9.15 Å². The zero-order valence-electron chi connectivity index (χ0n) is 31.3. The summed E-state index contributed by atoms with van der Waals surface area (Å²) in [6.45, 7) is 0. The zero-order chi connectivity index (χ0) is 38.0. The van der Waals surface area contributed by atoms with Gasteiger partial charge in [0.25, 0.3) is 0 Å². The Bertz CT molecular complexity index is 3430. The highest BCUT2D eigenvalue weighted by molar-refractivity contribution is 6.13. The van der Waals surface area contributed by atoms with Crippen LogP contribution in [0.4, 0.5) is 0 Å². The first-order chi connectivity index (χ1) is 28.7. The van der Waals surface area contributed by atoms with Crippen molar-refractivity contribution in [2.45, 2.75) is 5.41 Å². The van der Waals surface area contributed by atoms with Crippen LogP contribution >= 0.6 is 0 Å². The summed E-state index contributed by atoms with van der Waals surface area (Å²) in [6, 6.07) is 72.6. The van der Waals surface area contributed by atoms with Crippen molar-refractivity contribution in [1.29, 1.82) is 0 Å². The number of ether oxygens (including phenoxy) is 1. The van der Waals surface area contributed by atoms with Crippen LogP contribution in [0.5, 0.6) is 11.5 Å². The zero-order valence-corrected chi connectivity index (χ0v) is 31.3. The number of benzene rings is 9. The van der Waals surface area contributed by atoms with E-state index in [-0.39, 0.29) is 0 Å². The number of hydrogen-bond donors (Lipinski definition) is 0. The summed E-state index contributed by atoms with van der Waals surface area (Å²) >= 11 is 0. The smallest absolute Gasteiger partial charge is 0.135 e. The van der Waals surface area contributed by atoms with E-state index in [4.69, 9.17) is 9.15 Å². The van der Waals surface area contributed by atoms with Gasteiger partial charge in [-0.3, -0.25) is 0 Å². The molecule has 3 heterocycles. The average Bonchev–Trinajstić information content (AvgIpc) is 3.92. The topological polar surface area (TPSA) is 27.3 Å². The summed E-state index contributed by atoms with van der Waals surface area (Å²) in [7, 11) is 0. The number of nitrogens with zero attached hydrogens (tertiary/aromatic N) is 1. The highest BCUT2D eigenvalue weighted by Crippen LogP contribution is 2.62. The van der Waals surface area contributed by atoms with Gasteiger partial charge in [0, 0.05) is 38.4 Å². The third-order valence-corrected chi connectivity index (χ3v) is 12.7. The van der Waals surface area contributed by atoms with Crippen LogP contribution in [-0.4, -0.2) is 4.57 Å². The minimum absolute atomic E-state index is 0.536. The number of aromatic nitrogens is 1. The third-order valence-electron chi connectivity index (χ3n) is 12.7. The quantitative estimate of drug-likeness (QED) is 0.180. The van der Waals surface area contributed by atoms with Gasteiger partial charge in [-0.2, -0.15) is 0 Å². The summed E-state index contributed by atoms with van der Waals surface area (Å²) in [5.41, 5.74) is 17.0. The van der Waals surface area contributed by atoms with E-state index >= 15 is 0 Å². The molecule has 0 saturated heterocycles. The van der Waals surface area contributed by atoms with E-state index in [9.17, 15) is 0 Å². The van der Waals surface area contributed by atoms with E-state index in [1.165, 1.54) is 77.4 Å². The standard InChI is InChI=1S/C55H33NO2/c1-2-12-38(13-3-1)56-49-28-26-36(34-22-24-35(25-23-34)37-27-29-52-44(31-37)40-15-5-9-19-51(40)57-52)30-42(49)43-32-41-39-14-4-6-16-45(39)55(48(41)33-50(43)56)46-17-7-10-20-53(46)58-54-21-11-8-18-47(54)55/h1-33H. The Balaban J connectivity index is 1.02. The van der Waals surface area contributed by atoms with Gasteiger partial charge in [0.15, 0.2) is 0 Å². The highest BCUT2D eigenvalue weighted by atomic mass is 16.5. The molecule has 2 aliphatic rings. The predicted molar refractivity (Wildman–Crippen MR) is 236 cm³/mol. The van der Waals surface area contributed by atoms with Crippen LogP contribution in [0.25, 0.3) is 82.8 Å². The first-order valence-electron chi connectivity index (χ1n) is 19.9. The fourth-order valence-corrected chi connectivity index (χ4v) is 10.2. The van der Waals surface area contributed by atoms with Crippen molar-refractivity contribution in [3.63, 3.8) is 0 Å². The van der Waals surface area contributed by atoms with Crippen LogP contribution in [0.1, 0.15) is 22.3 Å². The summed E-state index contributed by atoms with van der Waals surface area (Å²) in [4.78, 5) is 0. The molecule has 0 fully saturated rings. The lowest BCUT2D eigenvalue weighted by Gasteiger charge is -2.39. The lowest BCUT2D eigenvalue weighted by molar-refractivity contribution is 0.436. The van der Waals surface area contributed by atoms with Crippen molar-refractivity contribution in [2.24, 2.45) is 0 Å². The molecule has 1 aliphatic carbocycles. The molecule has 0 radical (unpaired) electrons. The van der Waals surface area contributed by atoms with E-state index in [0.717, 1.165) is 39.1 Å². The van der Waals surface area contributed by atoms with Crippen LogP contribution in [0.15, 0.2) is 205 Å². The fraction of sp³-hybridized carbons (Fsp3) is 0.0182. The van der Waals surface area contributed by atoms with Crippen molar-refractivity contribution in [1.82, 2.24) is 4.57 Å². The molecule has 0 N–H and O–H groups in total. The molecule has 0 bridgehead atoms. The van der Waals surface area contributed by atoms with Crippen LogP contribution in [-0.2, 0) is 5.41 Å². The van der Waals surface area contributed by atoms with Crippen LogP contribution < -0.4 is 4.74 Å². The summed E-state index contributed by atoms with van der Waals surface area (Å²) in [5, 5.41) is 4.75. The van der Waals surface area contributed by atoms with E-state index in [0.29, 0.717) is 0 Å². The molecule has 11 aromatic rings. The Kier molecular flexibility index (Phi) is 6.37. The van der Waals surface area contributed by atoms with E-state index in [1.807, 2.05) is 12.1 Å². The molecule has 1 spiro atoms. The van der Waals surface area contributed by atoms with Gasteiger partial charge < -0.3 is 13.7 Å². The number of hydrogen-bond acceptors (Lipinski definition) is 2. The van der Waals surface area contributed by atoms with Crippen molar-refractivity contribution in [3.05, 3.63) is 222 Å². The van der Waals surface area contributed by atoms with E-state index in [2.05, 4.69) is 193 Å². The lowest BCUT2D eigenvalue weighted by atomic mass is 9.66. The molecule has 13 rings (SSSR count). The van der Waals surface area contributed by atoms with Gasteiger partial charge in [0.2, 0.25) is 0 Å². The molecular formula is C55H33NO2. The van der Waals surface area contributed by atoms with Crippen LogP contribution in [0, 0.1) is 0 Å². The maximum atomic E-state index is 6.63. The minimum Gasteiger partial charge on any atom is -0.457 e. The molecular weight excluding hydrogens is 707 g/mol. The molecule has 9 aromatic carbocycles. The van der Waals surface area contributed by atoms with Crippen molar-refractivity contribution in [2.75, 3.05) is 0 Å². The summed E-state index contributed by atoms with van der Waals surface area (Å²) < 4.78 is 15.2. The van der Waals surface area contributed by atoms with Gasteiger partial charge >= 0.3 is 0 Å². The number of furan rings is 1. The molecule has 2 aromatic heterocycles. The molecule has 3 heteroatoms. The lowest BCUT2D eigenvalue weighted by Crippen LogP contribution is -2.32. The van der Waals surface area contributed by atoms with Gasteiger partial charge in [-0.25, -0.2) is 0 Å². The Hall–Kier alpha value is -7.62. The normalized spacial score (nSPS) is 13.4. The Morgan fingerprint density at radius 2 is 0.914 bits per heavy atom. The molecule has 3 nitrogen and oxygen atoms in total. The number of rotatable bonds is 3. The van der Waals surface area contributed by atoms with Gasteiger partial charge in [0.05, 0.1) is 16.4 Å². The van der Waals surface area contributed by atoms with Gasteiger partial charge in [-0.1, -0.05) is 133 Å².